The van der Waals surface area contributed by atoms with Gasteiger partial charge < -0.3 is 15.5 Å². The number of rotatable bonds is 4. The molecule has 1 saturated carbocycles. The van der Waals surface area contributed by atoms with Crippen molar-refractivity contribution in [1.82, 2.24) is 20.4 Å². The van der Waals surface area contributed by atoms with E-state index in [-0.39, 0.29) is 11.8 Å². The molecule has 7 heteroatoms. The van der Waals surface area contributed by atoms with Crippen molar-refractivity contribution >= 4 is 17.6 Å². The van der Waals surface area contributed by atoms with E-state index in [0.29, 0.717) is 32.4 Å². The number of anilines is 1. The van der Waals surface area contributed by atoms with Crippen molar-refractivity contribution < 1.29 is 9.59 Å². The number of nitrogens with one attached hydrogen (secondary N) is 2. The lowest BCUT2D eigenvalue weighted by atomic mass is 9.67. The summed E-state index contributed by atoms with van der Waals surface area (Å²) < 4.78 is 0. The van der Waals surface area contributed by atoms with Gasteiger partial charge in [0, 0.05) is 33.1 Å². The Morgan fingerprint density at radius 3 is 2.74 bits per heavy atom. The van der Waals surface area contributed by atoms with Gasteiger partial charge in [0.25, 0.3) is 0 Å². The highest BCUT2D eigenvalue weighted by atomic mass is 16.2. The Balaban J connectivity index is 1.79. The maximum absolute atomic E-state index is 12.9. The summed E-state index contributed by atoms with van der Waals surface area (Å²) in [5, 5.41) is 14.2. The second kappa shape index (κ2) is 6.14. The number of carbonyl (C=O) groups is 2. The van der Waals surface area contributed by atoms with Crippen LogP contribution in [-0.2, 0) is 22.6 Å². The molecule has 0 atom stereocenters. The van der Waals surface area contributed by atoms with Crippen LogP contribution in [0.25, 0.3) is 0 Å². The number of carbonyl (C=O) groups excluding carboxylic acids is 2. The fraction of sp³-hybridized carbons (Fsp3) is 0.625. The van der Waals surface area contributed by atoms with Crippen LogP contribution in [0.1, 0.15) is 37.4 Å². The summed E-state index contributed by atoms with van der Waals surface area (Å²) in [5.41, 5.74) is 1.11. The van der Waals surface area contributed by atoms with Gasteiger partial charge in [-0.15, -0.1) is 5.10 Å². The van der Waals surface area contributed by atoms with Gasteiger partial charge >= 0.3 is 0 Å². The maximum Gasteiger partial charge on any atom is 0.238 e. The largest absolute Gasteiger partial charge is 0.369 e. The summed E-state index contributed by atoms with van der Waals surface area (Å²) in [5.74, 6) is 0.529. The van der Waals surface area contributed by atoms with Crippen molar-refractivity contribution in [1.29, 1.82) is 0 Å². The van der Waals surface area contributed by atoms with Crippen LogP contribution in [0, 0.1) is 5.41 Å². The third kappa shape index (κ3) is 2.64. The lowest BCUT2D eigenvalue weighted by Gasteiger charge is -2.42. The second-order valence-corrected chi connectivity index (χ2v) is 6.22. The fourth-order valence-electron chi connectivity index (χ4n) is 3.38. The smallest absolute Gasteiger partial charge is 0.238 e. The Labute approximate surface area is 135 Å². The highest BCUT2D eigenvalue weighted by Gasteiger charge is 2.52. The monoisotopic (exact) mass is 317 g/mol. The van der Waals surface area contributed by atoms with Crippen LogP contribution in [0.4, 0.5) is 5.82 Å². The van der Waals surface area contributed by atoms with Crippen LogP contribution < -0.4 is 10.6 Å². The SMILES string of the molecule is CCNc1cc2c(nn1)CCN(C(=O)C1(C(=O)NC)CCC1)C2. The Hall–Kier alpha value is -2.18. The molecule has 0 aromatic carbocycles. The first-order valence-electron chi connectivity index (χ1n) is 8.21. The second-order valence-electron chi connectivity index (χ2n) is 6.22. The molecule has 2 N–H and O–H groups in total. The number of hydrogen-bond donors (Lipinski definition) is 2. The minimum absolute atomic E-state index is 0.0458. The van der Waals surface area contributed by atoms with Gasteiger partial charge in [-0.1, -0.05) is 6.42 Å². The summed E-state index contributed by atoms with van der Waals surface area (Å²) in [6.45, 7) is 3.87. The molecule has 0 unspecified atom stereocenters. The van der Waals surface area contributed by atoms with Crippen molar-refractivity contribution in [3.63, 3.8) is 0 Å². The molecule has 1 aliphatic heterocycles. The van der Waals surface area contributed by atoms with Gasteiger partial charge in [-0.2, -0.15) is 5.10 Å². The minimum Gasteiger partial charge on any atom is -0.369 e. The predicted molar refractivity (Wildman–Crippen MR) is 85.7 cm³/mol. The van der Waals surface area contributed by atoms with Gasteiger partial charge in [-0.25, -0.2) is 0 Å². The molecule has 0 bridgehead atoms. The molecule has 0 spiro atoms. The molecule has 1 aromatic heterocycles. The molecular weight excluding hydrogens is 294 g/mol. The molecule has 1 aliphatic carbocycles. The number of hydrogen-bond acceptors (Lipinski definition) is 5. The van der Waals surface area contributed by atoms with Gasteiger partial charge in [0.15, 0.2) is 0 Å². The quantitative estimate of drug-likeness (QED) is 0.799. The standard InChI is InChI=1S/C16H23N5O2/c1-3-18-13-9-11-10-21(8-5-12(11)19-20-13)15(23)16(6-4-7-16)14(22)17-2/h9H,3-8,10H2,1-2H3,(H,17,22)(H,18,20). The molecule has 2 amide bonds. The Morgan fingerprint density at radius 2 is 2.13 bits per heavy atom. The van der Waals surface area contributed by atoms with Crippen molar-refractivity contribution in [2.24, 2.45) is 5.41 Å². The molecule has 0 radical (unpaired) electrons. The van der Waals surface area contributed by atoms with Crippen LogP contribution in [0.15, 0.2) is 6.07 Å². The van der Waals surface area contributed by atoms with Crippen LogP contribution in [0.5, 0.6) is 0 Å². The summed E-state index contributed by atoms with van der Waals surface area (Å²) in [4.78, 5) is 26.9. The molecule has 2 heterocycles. The van der Waals surface area contributed by atoms with Crippen LogP contribution in [0.2, 0.25) is 0 Å². The van der Waals surface area contributed by atoms with E-state index in [1.807, 2.05) is 13.0 Å². The molecule has 1 aromatic rings. The third-order valence-corrected chi connectivity index (χ3v) is 4.86. The zero-order valence-electron chi connectivity index (χ0n) is 13.7. The van der Waals surface area contributed by atoms with E-state index < -0.39 is 5.41 Å². The summed E-state index contributed by atoms with van der Waals surface area (Å²) >= 11 is 0. The fourth-order valence-corrected chi connectivity index (χ4v) is 3.38. The van der Waals surface area contributed by atoms with E-state index >= 15 is 0 Å². The normalized spacial score (nSPS) is 18.6. The maximum atomic E-state index is 12.9. The predicted octanol–water partition coefficient (Wildman–Crippen LogP) is 0.709. The van der Waals surface area contributed by atoms with Crippen molar-refractivity contribution in [2.75, 3.05) is 25.5 Å². The van der Waals surface area contributed by atoms with E-state index in [1.54, 1.807) is 11.9 Å². The summed E-state index contributed by atoms with van der Waals surface area (Å²) in [6, 6.07) is 1.96. The van der Waals surface area contributed by atoms with E-state index in [2.05, 4.69) is 20.8 Å². The first-order valence-corrected chi connectivity index (χ1v) is 8.21. The lowest BCUT2D eigenvalue weighted by molar-refractivity contribution is -0.157. The lowest BCUT2D eigenvalue weighted by Crippen LogP contribution is -2.56. The average molecular weight is 317 g/mol. The zero-order chi connectivity index (χ0) is 16.4. The van der Waals surface area contributed by atoms with Crippen LogP contribution in [0.3, 0.4) is 0 Å². The van der Waals surface area contributed by atoms with Crippen LogP contribution in [-0.4, -0.2) is 47.0 Å². The molecule has 3 rings (SSSR count). The summed E-state index contributed by atoms with van der Waals surface area (Å²) in [7, 11) is 1.60. The molecule has 7 nitrogen and oxygen atoms in total. The number of nitrogens with zero attached hydrogens (tertiary/aromatic N) is 3. The molecule has 0 saturated heterocycles. The Morgan fingerprint density at radius 1 is 1.35 bits per heavy atom. The van der Waals surface area contributed by atoms with Crippen LogP contribution >= 0.6 is 0 Å². The minimum atomic E-state index is -0.850. The van der Waals surface area contributed by atoms with Gasteiger partial charge in [0.1, 0.15) is 11.2 Å². The highest BCUT2D eigenvalue weighted by Crippen LogP contribution is 2.43. The molecular formula is C16H23N5O2. The number of aromatic nitrogens is 2. The zero-order valence-corrected chi connectivity index (χ0v) is 13.7. The third-order valence-electron chi connectivity index (χ3n) is 4.86. The molecule has 23 heavy (non-hydrogen) atoms. The molecule has 1 fully saturated rings. The van der Waals surface area contributed by atoms with Crippen molar-refractivity contribution in [2.45, 2.75) is 39.2 Å². The van der Waals surface area contributed by atoms with E-state index in [0.717, 1.165) is 30.0 Å². The van der Waals surface area contributed by atoms with Crippen molar-refractivity contribution in [3.8, 4) is 0 Å². The van der Waals surface area contributed by atoms with Gasteiger partial charge in [0.05, 0.1) is 5.69 Å². The summed E-state index contributed by atoms with van der Waals surface area (Å²) in [6.07, 6.45) is 2.90. The van der Waals surface area contributed by atoms with Gasteiger partial charge in [-0.05, 0) is 31.4 Å². The van der Waals surface area contributed by atoms with E-state index in [1.165, 1.54) is 0 Å². The highest BCUT2D eigenvalue weighted by molar-refractivity contribution is 6.05. The van der Waals surface area contributed by atoms with Crippen molar-refractivity contribution in [3.05, 3.63) is 17.3 Å². The molecule has 2 aliphatic rings. The first kappa shape index (κ1) is 15.7. The average Bonchev–Trinajstić information content (AvgIpc) is 2.53. The topological polar surface area (TPSA) is 87.2 Å². The number of amides is 2. The van der Waals surface area contributed by atoms with Gasteiger partial charge in [-0.3, -0.25) is 9.59 Å². The van der Waals surface area contributed by atoms with E-state index in [4.69, 9.17) is 0 Å². The van der Waals surface area contributed by atoms with Gasteiger partial charge in [0.2, 0.25) is 11.8 Å². The Kier molecular flexibility index (Phi) is 4.19. The van der Waals surface area contributed by atoms with E-state index in [9.17, 15) is 9.59 Å². The molecule has 124 valence electrons. The first-order chi connectivity index (χ1) is 11.1. The Bertz CT molecular complexity index is 627. The number of fused-ring (bicyclic) bond motifs is 1.